The predicted molar refractivity (Wildman–Crippen MR) is 100 cm³/mol. The Balaban J connectivity index is 1.71. The minimum atomic E-state index is -0.854. The summed E-state index contributed by atoms with van der Waals surface area (Å²) in [5, 5.41) is 9.35. The third-order valence-electron chi connectivity index (χ3n) is 5.45. The van der Waals surface area contributed by atoms with Gasteiger partial charge in [0.25, 0.3) is 0 Å². The van der Waals surface area contributed by atoms with Gasteiger partial charge in [0.1, 0.15) is 0 Å². The SMILES string of the molecule is CSc1ccc(N2CC(C(=O)N3CCC[C@H](C(=O)O)[C@@H]3C)CC2=O)cc1. The molecule has 0 radical (unpaired) electrons. The van der Waals surface area contributed by atoms with Gasteiger partial charge >= 0.3 is 5.97 Å². The van der Waals surface area contributed by atoms with E-state index in [4.69, 9.17) is 0 Å². The fraction of sp³-hybridized carbons (Fsp3) is 0.526. The third-order valence-corrected chi connectivity index (χ3v) is 6.19. The molecule has 1 aromatic carbocycles. The number of carbonyl (C=O) groups is 3. The monoisotopic (exact) mass is 376 g/mol. The van der Waals surface area contributed by atoms with Crippen LogP contribution in [0.15, 0.2) is 29.2 Å². The van der Waals surface area contributed by atoms with Crippen molar-refractivity contribution in [2.75, 3.05) is 24.2 Å². The van der Waals surface area contributed by atoms with Crippen molar-refractivity contribution < 1.29 is 19.5 Å². The quantitative estimate of drug-likeness (QED) is 0.817. The smallest absolute Gasteiger partial charge is 0.308 e. The standard InChI is InChI=1S/C19H24N2O4S/c1-12-16(19(24)25)4-3-9-20(12)18(23)13-10-17(22)21(11-13)14-5-7-15(26-2)8-6-14/h5-8,12-13,16H,3-4,9-11H2,1-2H3,(H,24,25)/t12-,13?,16-/m0/s1. The van der Waals surface area contributed by atoms with Gasteiger partial charge in [-0.2, -0.15) is 0 Å². The lowest BCUT2D eigenvalue weighted by molar-refractivity contribution is -0.150. The van der Waals surface area contributed by atoms with Crippen LogP contribution in [0.3, 0.4) is 0 Å². The average molecular weight is 376 g/mol. The van der Waals surface area contributed by atoms with E-state index in [1.165, 1.54) is 0 Å². The Labute approximate surface area is 157 Å². The summed E-state index contributed by atoms with van der Waals surface area (Å²) in [5.41, 5.74) is 0.804. The first-order chi connectivity index (χ1) is 12.4. The highest BCUT2D eigenvalue weighted by Crippen LogP contribution is 2.31. The van der Waals surface area contributed by atoms with Crippen LogP contribution in [0.5, 0.6) is 0 Å². The molecule has 6 nitrogen and oxygen atoms in total. The van der Waals surface area contributed by atoms with E-state index in [0.29, 0.717) is 25.9 Å². The Morgan fingerprint density at radius 1 is 1.23 bits per heavy atom. The average Bonchev–Trinajstić information content (AvgIpc) is 3.03. The Bertz CT molecular complexity index is 706. The fourth-order valence-electron chi connectivity index (χ4n) is 3.90. The number of carbonyl (C=O) groups excluding carboxylic acids is 2. The number of nitrogens with zero attached hydrogens (tertiary/aromatic N) is 2. The van der Waals surface area contributed by atoms with E-state index in [-0.39, 0.29) is 24.3 Å². The number of benzene rings is 1. The maximum Gasteiger partial charge on any atom is 0.308 e. The van der Waals surface area contributed by atoms with Crippen molar-refractivity contribution in [1.29, 1.82) is 0 Å². The number of carboxylic acid groups (broad SMARTS) is 1. The Morgan fingerprint density at radius 2 is 1.92 bits per heavy atom. The van der Waals surface area contributed by atoms with Gasteiger partial charge in [-0.15, -0.1) is 11.8 Å². The van der Waals surface area contributed by atoms with E-state index in [1.807, 2.05) is 30.5 Å². The third kappa shape index (κ3) is 3.58. The molecule has 140 valence electrons. The van der Waals surface area contributed by atoms with Gasteiger partial charge in [0.15, 0.2) is 0 Å². The van der Waals surface area contributed by atoms with Crippen LogP contribution in [0, 0.1) is 11.8 Å². The molecule has 2 heterocycles. The van der Waals surface area contributed by atoms with E-state index in [0.717, 1.165) is 10.6 Å². The van der Waals surface area contributed by atoms with E-state index in [9.17, 15) is 19.5 Å². The number of rotatable bonds is 4. The van der Waals surface area contributed by atoms with E-state index >= 15 is 0 Å². The molecule has 3 atom stereocenters. The van der Waals surface area contributed by atoms with Crippen LogP contribution in [0.4, 0.5) is 5.69 Å². The number of hydrogen-bond acceptors (Lipinski definition) is 4. The van der Waals surface area contributed by atoms with Crippen LogP contribution in [0.1, 0.15) is 26.2 Å². The largest absolute Gasteiger partial charge is 0.481 e. The molecule has 0 saturated carbocycles. The topological polar surface area (TPSA) is 77.9 Å². The molecule has 0 aromatic heterocycles. The molecule has 2 aliphatic rings. The van der Waals surface area contributed by atoms with Crippen molar-refractivity contribution in [2.24, 2.45) is 11.8 Å². The molecule has 1 aromatic rings. The molecule has 26 heavy (non-hydrogen) atoms. The zero-order chi connectivity index (χ0) is 18.8. The lowest BCUT2D eigenvalue weighted by Gasteiger charge is -2.38. The molecule has 7 heteroatoms. The number of carboxylic acids is 1. The normalized spacial score (nSPS) is 26.2. The molecule has 1 N–H and O–H groups in total. The molecule has 3 rings (SSSR count). The predicted octanol–water partition coefficient (Wildman–Crippen LogP) is 2.47. The van der Waals surface area contributed by atoms with Crippen molar-refractivity contribution >= 4 is 35.2 Å². The van der Waals surface area contributed by atoms with Crippen LogP contribution in [0.2, 0.25) is 0 Å². The van der Waals surface area contributed by atoms with Crippen molar-refractivity contribution in [1.82, 2.24) is 4.90 Å². The first-order valence-electron chi connectivity index (χ1n) is 8.90. The number of aliphatic carboxylic acids is 1. The second-order valence-corrected chi connectivity index (χ2v) is 7.84. The van der Waals surface area contributed by atoms with Crippen LogP contribution >= 0.6 is 11.8 Å². The van der Waals surface area contributed by atoms with Crippen LogP contribution in [-0.4, -0.2) is 53.2 Å². The summed E-state index contributed by atoms with van der Waals surface area (Å²) >= 11 is 1.64. The van der Waals surface area contributed by atoms with Crippen molar-refractivity contribution in [3.8, 4) is 0 Å². The summed E-state index contributed by atoms with van der Waals surface area (Å²) in [6.07, 6.45) is 3.46. The minimum absolute atomic E-state index is 0.0558. The molecule has 2 fully saturated rings. The highest BCUT2D eigenvalue weighted by molar-refractivity contribution is 7.98. The number of anilines is 1. The lowest BCUT2D eigenvalue weighted by atomic mass is 9.89. The first-order valence-corrected chi connectivity index (χ1v) is 10.1. The number of piperidine rings is 1. The molecule has 2 saturated heterocycles. The van der Waals surface area contributed by atoms with E-state index < -0.39 is 17.8 Å². The number of hydrogen-bond donors (Lipinski definition) is 1. The maximum absolute atomic E-state index is 13.0. The Morgan fingerprint density at radius 3 is 2.54 bits per heavy atom. The highest BCUT2D eigenvalue weighted by atomic mass is 32.2. The summed E-state index contributed by atoms with van der Waals surface area (Å²) < 4.78 is 0. The zero-order valence-corrected chi connectivity index (χ0v) is 15.9. The molecule has 0 spiro atoms. The summed E-state index contributed by atoms with van der Waals surface area (Å²) in [4.78, 5) is 41.2. The second kappa shape index (κ2) is 7.70. The van der Waals surface area contributed by atoms with Crippen LogP contribution < -0.4 is 4.90 Å². The molecule has 2 amide bonds. The van der Waals surface area contributed by atoms with Gasteiger partial charge in [-0.1, -0.05) is 0 Å². The molecule has 0 aliphatic carbocycles. The van der Waals surface area contributed by atoms with Gasteiger partial charge in [-0.05, 0) is 50.3 Å². The molecular formula is C19H24N2O4S. The molecule has 2 aliphatic heterocycles. The van der Waals surface area contributed by atoms with E-state index in [2.05, 4.69) is 0 Å². The van der Waals surface area contributed by atoms with Crippen LogP contribution in [0.25, 0.3) is 0 Å². The lowest BCUT2D eigenvalue weighted by Crippen LogP contribution is -2.51. The van der Waals surface area contributed by atoms with Gasteiger partial charge in [0.2, 0.25) is 11.8 Å². The Hall–Kier alpha value is -2.02. The second-order valence-electron chi connectivity index (χ2n) is 6.96. The molecule has 0 bridgehead atoms. The number of amides is 2. The number of thioether (sulfide) groups is 1. The Kier molecular flexibility index (Phi) is 5.55. The molecular weight excluding hydrogens is 352 g/mol. The fourth-order valence-corrected chi connectivity index (χ4v) is 4.31. The number of likely N-dealkylation sites (tertiary alicyclic amines) is 1. The van der Waals surface area contributed by atoms with Gasteiger partial charge in [0.05, 0.1) is 11.8 Å². The van der Waals surface area contributed by atoms with Crippen molar-refractivity contribution in [2.45, 2.75) is 37.1 Å². The van der Waals surface area contributed by atoms with Gasteiger partial charge in [-0.25, -0.2) is 0 Å². The summed E-state index contributed by atoms with van der Waals surface area (Å²) in [6, 6.07) is 7.40. The highest BCUT2D eigenvalue weighted by Gasteiger charge is 2.41. The minimum Gasteiger partial charge on any atom is -0.481 e. The van der Waals surface area contributed by atoms with Crippen molar-refractivity contribution in [3.63, 3.8) is 0 Å². The molecule has 1 unspecified atom stereocenters. The van der Waals surface area contributed by atoms with E-state index in [1.54, 1.807) is 28.5 Å². The van der Waals surface area contributed by atoms with Crippen LogP contribution in [-0.2, 0) is 14.4 Å². The zero-order valence-electron chi connectivity index (χ0n) is 15.1. The summed E-state index contributed by atoms with van der Waals surface area (Å²) in [5.74, 6) is -1.94. The van der Waals surface area contributed by atoms with Gasteiger partial charge < -0.3 is 14.9 Å². The summed E-state index contributed by atoms with van der Waals surface area (Å²) in [7, 11) is 0. The van der Waals surface area contributed by atoms with Gasteiger partial charge in [-0.3, -0.25) is 14.4 Å². The maximum atomic E-state index is 13.0. The summed E-state index contributed by atoms with van der Waals surface area (Å²) in [6.45, 7) is 2.72. The van der Waals surface area contributed by atoms with Gasteiger partial charge in [0, 0.05) is 36.1 Å². The van der Waals surface area contributed by atoms with Crippen molar-refractivity contribution in [3.05, 3.63) is 24.3 Å². The first kappa shape index (κ1) is 18.8.